The zero-order valence-electron chi connectivity index (χ0n) is 15.6. The molecule has 7 nitrogen and oxygen atoms in total. The van der Waals surface area contributed by atoms with E-state index in [1.807, 2.05) is 24.3 Å². The molecule has 2 aliphatic heterocycles. The second-order valence-electron chi connectivity index (χ2n) is 6.80. The topological polar surface area (TPSA) is 87.9 Å². The lowest BCUT2D eigenvalue weighted by atomic mass is 9.90. The minimum Gasteiger partial charge on any atom is -0.381 e. The number of piperazine rings is 1. The highest BCUT2D eigenvalue weighted by atomic mass is 35.5. The number of anilines is 1. The molecule has 0 spiro atoms. The number of nitrogens with one attached hydrogen (secondary N) is 1. The second-order valence-corrected chi connectivity index (χ2v) is 7.23. The summed E-state index contributed by atoms with van der Waals surface area (Å²) in [4.78, 5) is 28.7. The molecule has 3 N–H and O–H groups in total. The van der Waals surface area contributed by atoms with E-state index in [1.165, 1.54) is 0 Å². The SMILES string of the molecule is Cl.Cl.NC1(C(=O)NCC(=O)N2CCN(c3ccc(Cl)cc3)CC2)CCOCC1. The molecule has 2 saturated heterocycles. The van der Waals surface area contributed by atoms with Crippen LogP contribution < -0.4 is 16.0 Å². The molecule has 0 unspecified atom stereocenters. The summed E-state index contributed by atoms with van der Waals surface area (Å²) >= 11 is 5.92. The lowest BCUT2D eigenvalue weighted by Crippen LogP contribution is -2.58. The van der Waals surface area contributed by atoms with E-state index < -0.39 is 5.54 Å². The predicted molar refractivity (Wildman–Crippen MR) is 115 cm³/mol. The molecule has 2 amide bonds. The largest absolute Gasteiger partial charge is 0.381 e. The number of halogens is 3. The van der Waals surface area contributed by atoms with Crippen molar-refractivity contribution in [2.24, 2.45) is 5.73 Å². The zero-order chi connectivity index (χ0) is 18.6. The number of amides is 2. The molecule has 0 atom stereocenters. The highest BCUT2D eigenvalue weighted by molar-refractivity contribution is 6.30. The van der Waals surface area contributed by atoms with Crippen LogP contribution in [0.4, 0.5) is 5.69 Å². The third kappa shape index (κ3) is 6.12. The van der Waals surface area contributed by atoms with Crippen molar-refractivity contribution in [3.63, 3.8) is 0 Å². The fourth-order valence-corrected chi connectivity index (χ4v) is 3.40. The lowest BCUT2D eigenvalue weighted by Gasteiger charge is -2.36. The van der Waals surface area contributed by atoms with Crippen LogP contribution in [0.2, 0.25) is 5.02 Å². The summed E-state index contributed by atoms with van der Waals surface area (Å²) in [5.41, 5.74) is 6.30. The van der Waals surface area contributed by atoms with Crippen molar-refractivity contribution in [1.82, 2.24) is 10.2 Å². The molecule has 1 aromatic carbocycles. The number of benzene rings is 1. The molecule has 28 heavy (non-hydrogen) atoms. The van der Waals surface area contributed by atoms with Gasteiger partial charge < -0.3 is 25.6 Å². The minimum atomic E-state index is -0.925. The maximum absolute atomic E-state index is 12.4. The van der Waals surface area contributed by atoms with Gasteiger partial charge in [0, 0.05) is 50.1 Å². The number of rotatable bonds is 4. The Kier molecular flexibility index (Phi) is 9.80. The van der Waals surface area contributed by atoms with Crippen LogP contribution in [0, 0.1) is 0 Å². The molecule has 10 heteroatoms. The number of carbonyl (C=O) groups excluding carboxylic acids is 2. The van der Waals surface area contributed by atoms with Crippen molar-refractivity contribution in [3.8, 4) is 0 Å². The van der Waals surface area contributed by atoms with Crippen LogP contribution in [0.15, 0.2) is 24.3 Å². The normalized spacial score (nSPS) is 18.5. The molecule has 0 aliphatic carbocycles. The standard InChI is InChI=1S/C18H25ClN4O3.2ClH/c19-14-1-3-15(4-2-14)22-7-9-23(10-8-22)16(24)13-21-17(25)18(20)5-11-26-12-6-18;;/h1-4H,5-13,20H2,(H,21,25);2*1H. The van der Waals surface area contributed by atoms with Gasteiger partial charge in [0.05, 0.1) is 12.1 Å². The van der Waals surface area contributed by atoms with E-state index in [4.69, 9.17) is 22.1 Å². The minimum absolute atomic E-state index is 0. The first-order chi connectivity index (χ1) is 12.5. The summed E-state index contributed by atoms with van der Waals surface area (Å²) in [5.74, 6) is -0.348. The van der Waals surface area contributed by atoms with Gasteiger partial charge in [-0.25, -0.2) is 0 Å². The van der Waals surface area contributed by atoms with Crippen molar-refractivity contribution in [2.45, 2.75) is 18.4 Å². The molecule has 3 rings (SSSR count). The van der Waals surface area contributed by atoms with Crippen LogP contribution in [0.3, 0.4) is 0 Å². The Bertz CT molecular complexity index is 646. The van der Waals surface area contributed by atoms with Gasteiger partial charge in [-0.15, -0.1) is 24.8 Å². The molecule has 2 aliphatic rings. The van der Waals surface area contributed by atoms with Gasteiger partial charge >= 0.3 is 0 Å². The third-order valence-electron chi connectivity index (χ3n) is 5.06. The van der Waals surface area contributed by atoms with Gasteiger partial charge in [0.25, 0.3) is 0 Å². The first-order valence-corrected chi connectivity index (χ1v) is 9.29. The van der Waals surface area contributed by atoms with Gasteiger partial charge in [0.1, 0.15) is 0 Å². The van der Waals surface area contributed by atoms with Crippen LogP contribution in [0.25, 0.3) is 0 Å². The highest BCUT2D eigenvalue weighted by Gasteiger charge is 2.36. The summed E-state index contributed by atoms with van der Waals surface area (Å²) in [5, 5.41) is 3.41. The van der Waals surface area contributed by atoms with Crippen LogP contribution in [-0.2, 0) is 14.3 Å². The van der Waals surface area contributed by atoms with Crippen LogP contribution in [0.1, 0.15) is 12.8 Å². The van der Waals surface area contributed by atoms with Crippen molar-refractivity contribution < 1.29 is 14.3 Å². The van der Waals surface area contributed by atoms with E-state index in [2.05, 4.69) is 10.2 Å². The van der Waals surface area contributed by atoms with Crippen molar-refractivity contribution >= 4 is 53.9 Å². The fourth-order valence-electron chi connectivity index (χ4n) is 3.27. The first-order valence-electron chi connectivity index (χ1n) is 8.91. The summed E-state index contributed by atoms with van der Waals surface area (Å²) in [6.45, 7) is 3.69. The second kappa shape index (κ2) is 11.1. The van der Waals surface area contributed by atoms with Crippen molar-refractivity contribution in [1.29, 1.82) is 0 Å². The van der Waals surface area contributed by atoms with E-state index in [0.717, 1.165) is 18.8 Å². The van der Waals surface area contributed by atoms with E-state index in [1.54, 1.807) is 4.90 Å². The van der Waals surface area contributed by atoms with Crippen LogP contribution in [-0.4, -0.2) is 68.2 Å². The highest BCUT2D eigenvalue weighted by Crippen LogP contribution is 2.20. The number of hydrogen-bond donors (Lipinski definition) is 2. The number of carbonyl (C=O) groups is 2. The Morgan fingerprint density at radius 3 is 2.21 bits per heavy atom. The van der Waals surface area contributed by atoms with Gasteiger partial charge in [-0.2, -0.15) is 0 Å². The average Bonchev–Trinajstić information content (AvgIpc) is 2.67. The Hall–Kier alpha value is -1.25. The maximum Gasteiger partial charge on any atom is 0.242 e. The van der Waals surface area contributed by atoms with Gasteiger partial charge in [-0.1, -0.05) is 11.6 Å². The summed E-state index contributed by atoms with van der Waals surface area (Å²) in [6, 6.07) is 7.69. The summed E-state index contributed by atoms with van der Waals surface area (Å²) in [7, 11) is 0. The summed E-state index contributed by atoms with van der Waals surface area (Å²) in [6.07, 6.45) is 0.958. The number of nitrogens with two attached hydrogens (primary N) is 1. The Morgan fingerprint density at radius 1 is 1.07 bits per heavy atom. The molecular weight excluding hydrogens is 427 g/mol. The van der Waals surface area contributed by atoms with Gasteiger partial charge in [-0.05, 0) is 37.1 Å². The molecule has 0 aromatic heterocycles. The van der Waals surface area contributed by atoms with Crippen molar-refractivity contribution in [3.05, 3.63) is 29.3 Å². The van der Waals surface area contributed by atoms with Gasteiger partial charge in [-0.3, -0.25) is 9.59 Å². The fraction of sp³-hybridized carbons (Fsp3) is 0.556. The first kappa shape index (κ1) is 24.8. The van der Waals surface area contributed by atoms with E-state index >= 15 is 0 Å². The van der Waals surface area contributed by atoms with E-state index in [9.17, 15) is 9.59 Å². The van der Waals surface area contributed by atoms with Gasteiger partial charge in [0.15, 0.2) is 0 Å². The molecule has 0 radical (unpaired) electrons. The summed E-state index contributed by atoms with van der Waals surface area (Å²) < 4.78 is 5.24. The molecule has 2 fully saturated rings. The molecule has 0 bridgehead atoms. The van der Waals surface area contributed by atoms with Crippen LogP contribution in [0.5, 0.6) is 0 Å². The van der Waals surface area contributed by atoms with Crippen molar-refractivity contribution in [2.75, 3.05) is 50.8 Å². The smallest absolute Gasteiger partial charge is 0.242 e. The van der Waals surface area contributed by atoms with E-state index in [-0.39, 0.29) is 43.2 Å². The Balaban J connectivity index is 0.00000196. The predicted octanol–water partition coefficient (Wildman–Crippen LogP) is 1.46. The zero-order valence-corrected chi connectivity index (χ0v) is 18.0. The molecule has 1 aromatic rings. The third-order valence-corrected chi connectivity index (χ3v) is 5.31. The molecule has 158 valence electrons. The molecule has 2 heterocycles. The molecule has 0 saturated carbocycles. The van der Waals surface area contributed by atoms with Crippen LogP contribution >= 0.6 is 36.4 Å². The monoisotopic (exact) mass is 452 g/mol. The quantitative estimate of drug-likeness (QED) is 0.720. The van der Waals surface area contributed by atoms with E-state index in [0.29, 0.717) is 44.2 Å². The number of nitrogens with zero attached hydrogens (tertiary/aromatic N) is 2. The number of hydrogen-bond acceptors (Lipinski definition) is 5. The maximum atomic E-state index is 12.4. The average molecular weight is 454 g/mol. The molecular formula is C18H27Cl3N4O3. The van der Waals surface area contributed by atoms with Gasteiger partial charge in [0.2, 0.25) is 11.8 Å². The Labute approximate surface area is 182 Å². The number of ether oxygens (including phenoxy) is 1. The Morgan fingerprint density at radius 2 is 1.64 bits per heavy atom. The lowest BCUT2D eigenvalue weighted by molar-refractivity contribution is -0.135.